The Kier molecular flexibility index (Phi) is 3.23. The molecule has 0 saturated heterocycles. The zero-order chi connectivity index (χ0) is 11.7. The molecule has 15 heavy (non-hydrogen) atoms. The number of aromatic nitrogens is 3. The third-order valence-electron chi connectivity index (χ3n) is 1.16. The second-order valence-electron chi connectivity index (χ2n) is 2.29. The van der Waals surface area contributed by atoms with Gasteiger partial charge in [-0.05, 0) is 0 Å². The third-order valence-corrected chi connectivity index (χ3v) is 2.77. The fourth-order valence-corrected chi connectivity index (χ4v) is 1.80. The molecule has 0 unspecified atom stereocenters. The summed E-state index contributed by atoms with van der Waals surface area (Å²) in [7, 11) is -5.40. The number of nitrogens with zero attached hydrogens (tertiary/aromatic N) is 2. The van der Waals surface area contributed by atoms with Crippen molar-refractivity contribution in [3.05, 3.63) is 5.82 Å². The van der Waals surface area contributed by atoms with E-state index < -0.39 is 43.6 Å². The highest BCUT2D eigenvalue weighted by Crippen LogP contribution is 2.28. The highest BCUT2D eigenvalue weighted by atomic mass is 33.2. The Morgan fingerprint density at radius 2 is 2.00 bits per heavy atom. The predicted octanol–water partition coefficient (Wildman–Crippen LogP) is 1.17. The van der Waals surface area contributed by atoms with Crippen molar-refractivity contribution in [3.63, 3.8) is 0 Å². The van der Waals surface area contributed by atoms with Crippen molar-refractivity contribution in [1.82, 2.24) is 15.2 Å². The van der Waals surface area contributed by atoms with Crippen LogP contribution in [0.1, 0.15) is 5.82 Å². The van der Waals surface area contributed by atoms with E-state index in [1.165, 1.54) is 0 Å². The summed E-state index contributed by atoms with van der Waals surface area (Å²) in [4.78, 5) is 1.69. The Hall–Kier alpha value is -0.840. The van der Waals surface area contributed by atoms with Crippen LogP contribution in [0.2, 0.25) is 0 Å². The van der Waals surface area contributed by atoms with Gasteiger partial charge in [0.05, 0.1) is 10.8 Å². The van der Waals surface area contributed by atoms with Gasteiger partial charge in [0, 0.05) is 0 Å². The second-order valence-corrected chi connectivity index (χ2v) is 5.33. The van der Waals surface area contributed by atoms with Crippen LogP contribution in [-0.2, 0) is 15.2 Å². The number of aromatic amines is 1. The molecule has 0 fully saturated rings. The van der Waals surface area contributed by atoms with Crippen molar-refractivity contribution < 1.29 is 25.5 Å². The summed E-state index contributed by atoms with van der Waals surface area (Å²) < 4.78 is 69.1. The normalized spacial score (nSPS) is 13.1. The Balaban J connectivity index is 2.91. The molecule has 0 saturated carbocycles. The van der Waals surface area contributed by atoms with Gasteiger partial charge in [-0.3, -0.25) is 0 Å². The van der Waals surface area contributed by atoms with Crippen LogP contribution in [0, 0.1) is 0 Å². The summed E-state index contributed by atoms with van der Waals surface area (Å²) in [6, 6.07) is 0. The minimum Gasteiger partial charge on any atom is -0.314 e. The topological polar surface area (TPSA) is 75.7 Å². The van der Waals surface area contributed by atoms with Crippen LogP contribution in [0.15, 0.2) is 5.16 Å². The number of nitrogens with one attached hydrogen (secondary N) is 1. The molecule has 1 heterocycles. The standard InChI is InChI=1S/C4H3F4N3O2S2/c5-1-4(6,7)2-9-3(11-10-2)14-15(8,12)13/h1H2,(H,9,10,11). The van der Waals surface area contributed by atoms with Gasteiger partial charge in [0.2, 0.25) is 11.0 Å². The lowest BCUT2D eigenvalue weighted by molar-refractivity contribution is -0.0363. The molecule has 0 bridgehead atoms. The highest BCUT2D eigenvalue weighted by Gasteiger charge is 2.36. The molecule has 1 N–H and O–H groups in total. The molecule has 5 nitrogen and oxygen atoms in total. The van der Waals surface area contributed by atoms with Crippen LogP contribution < -0.4 is 0 Å². The molecule has 0 aliphatic heterocycles. The van der Waals surface area contributed by atoms with Gasteiger partial charge in [-0.1, -0.05) is 3.89 Å². The summed E-state index contributed by atoms with van der Waals surface area (Å²) in [6.45, 7) is -2.02. The minimum atomic E-state index is -4.97. The Morgan fingerprint density at radius 1 is 1.40 bits per heavy atom. The molecule has 0 atom stereocenters. The van der Waals surface area contributed by atoms with Crippen molar-refractivity contribution in [2.75, 3.05) is 6.67 Å². The Bertz CT molecular complexity index is 444. The summed E-state index contributed by atoms with van der Waals surface area (Å²) in [5, 5.41) is 5.01. The van der Waals surface area contributed by atoms with Crippen LogP contribution in [0.4, 0.5) is 17.1 Å². The lowest BCUT2D eigenvalue weighted by atomic mass is 10.3. The fraction of sp³-hybridized carbons (Fsp3) is 0.500. The van der Waals surface area contributed by atoms with E-state index in [1.807, 2.05) is 0 Å². The maximum Gasteiger partial charge on any atom is 0.365 e. The highest BCUT2D eigenvalue weighted by molar-refractivity contribution is 8.70. The first kappa shape index (κ1) is 12.2. The van der Waals surface area contributed by atoms with Crippen molar-refractivity contribution in [1.29, 1.82) is 0 Å². The lowest BCUT2D eigenvalue weighted by Gasteiger charge is -2.05. The van der Waals surface area contributed by atoms with Gasteiger partial charge in [0.15, 0.2) is 6.67 Å². The number of alkyl halides is 3. The van der Waals surface area contributed by atoms with E-state index in [1.54, 1.807) is 4.98 Å². The van der Waals surface area contributed by atoms with E-state index in [-0.39, 0.29) is 0 Å². The maximum atomic E-state index is 12.6. The van der Waals surface area contributed by atoms with E-state index in [9.17, 15) is 25.5 Å². The largest absolute Gasteiger partial charge is 0.365 e. The molecule has 0 spiro atoms. The summed E-state index contributed by atoms with van der Waals surface area (Å²) in [6.07, 6.45) is 0. The zero-order valence-electron chi connectivity index (χ0n) is 6.75. The Morgan fingerprint density at radius 3 is 2.47 bits per heavy atom. The maximum absolute atomic E-state index is 12.6. The van der Waals surface area contributed by atoms with Crippen molar-refractivity contribution >= 4 is 20.0 Å². The number of rotatable bonds is 4. The summed E-state index contributed by atoms with van der Waals surface area (Å²) in [5.41, 5.74) is 0. The third kappa shape index (κ3) is 3.34. The second kappa shape index (κ2) is 3.96. The first-order valence-corrected chi connectivity index (χ1v) is 5.97. The van der Waals surface area contributed by atoms with Crippen LogP contribution in [-0.4, -0.2) is 30.3 Å². The first-order valence-electron chi connectivity index (χ1n) is 3.25. The van der Waals surface area contributed by atoms with Gasteiger partial charge >= 0.3 is 15.2 Å². The zero-order valence-corrected chi connectivity index (χ0v) is 8.38. The molecular formula is C4H3F4N3O2S2. The van der Waals surface area contributed by atoms with E-state index in [2.05, 4.69) is 10.2 Å². The van der Waals surface area contributed by atoms with Gasteiger partial charge in [0.1, 0.15) is 0 Å². The fourth-order valence-electron chi connectivity index (χ4n) is 0.606. The Labute approximate surface area is 84.9 Å². The van der Waals surface area contributed by atoms with Crippen LogP contribution in [0.3, 0.4) is 0 Å². The minimum absolute atomic E-state index is 0.431. The quantitative estimate of drug-likeness (QED) is 0.502. The van der Waals surface area contributed by atoms with Crippen molar-refractivity contribution in [3.8, 4) is 0 Å². The van der Waals surface area contributed by atoms with E-state index in [4.69, 9.17) is 0 Å². The van der Waals surface area contributed by atoms with Gasteiger partial charge in [-0.25, -0.2) is 4.39 Å². The van der Waals surface area contributed by atoms with E-state index in [0.29, 0.717) is 0 Å². The monoisotopic (exact) mass is 265 g/mol. The molecule has 0 aliphatic rings. The van der Waals surface area contributed by atoms with Crippen molar-refractivity contribution in [2.24, 2.45) is 0 Å². The summed E-state index contributed by atoms with van der Waals surface area (Å²) in [5.74, 6) is -5.05. The van der Waals surface area contributed by atoms with Crippen LogP contribution in [0.5, 0.6) is 0 Å². The molecule has 0 amide bonds. The average Bonchev–Trinajstić information content (AvgIpc) is 2.50. The average molecular weight is 265 g/mol. The molecule has 11 heteroatoms. The molecule has 0 aromatic carbocycles. The number of hydrogen-bond donors (Lipinski definition) is 1. The number of H-pyrrole nitrogens is 1. The predicted molar refractivity (Wildman–Crippen MR) is 42.1 cm³/mol. The van der Waals surface area contributed by atoms with E-state index in [0.717, 1.165) is 0 Å². The van der Waals surface area contributed by atoms with Crippen molar-refractivity contribution in [2.45, 2.75) is 11.1 Å². The SMILES string of the molecule is O=S(=O)(F)Sc1nnc(C(F)(F)CF)[nH]1. The molecular weight excluding hydrogens is 262 g/mol. The molecule has 86 valence electrons. The number of hydrogen-bond acceptors (Lipinski definition) is 5. The van der Waals surface area contributed by atoms with Crippen LogP contribution in [0.25, 0.3) is 0 Å². The number of halogens is 4. The van der Waals surface area contributed by atoms with Gasteiger partial charge < -0.3 is 4.98 Å². The molecule has 0 radical (unpaired) electrons. The van der Waals surface area contributed by atoms with Crippen LogP contribution >= 0.6 is 10.8 Å². The molecule has 1 aromatic rings. The summed E-state index contributed by atoms with van der Waals surface area (Å²) >= 11 is 0. The molecule has 0 aliphatic carbocycles. The smallest absolute Gasteiger partial charge is 0.314 e. The lowest BCUT2D eigenvalue weighted by Crippen LogP contribution is -2.17. The molecule has 1 rings (SSSR count). The molecule has 1 aromatic heterocycles. The van der Waals surface area contributed by atoms with Gasteiger partial charge in [-0.15, -0.1) is 10.2 Å². The van der Waals surface area contributed by atoms with Gasteiger partial charge in [-0.2, -0.15) is 17.2 Å². The van der Waals surface area contributed by atoms with Gasteiger partial charge in [0.25, 0.3) is 0 Å². The first-order chi connectivity index (χ1) is 6.74. The van der Waals surface area contributed by atoms with E-state index >= 15 is 0 Å².